The monoisotopic (exact) mass is 383 g/mol. The lowest BCUT2D eigenvalue weighted by Gasteiger charge is -2.10. The van der Waals surface area contributed by atoms with E-state index < -0.39 is 24.5 Å². The first kappa shape index (κ1) is 20.7. The Morgan fingerprint density at radius 2 is 1.71 bits per heavy atom. The van der Waals surface area contributed by atoms with Crippen LogP contribution in [0.3, 0.4) is 0 Å². The van der Waals surface area contributed by atoms with Crippen LogP contribution in [0.2, 0.25) is 0 Å². The lowest BCUT2D eigenvalue weighted by atomic mass is 10.2. The van der Waals surface area contributed by atoms with Crippen LogP contribution in [0.4, 0.5) is 5.69 Å². The number of rotatable bonds is 8. The molecule has 2 aromatic rings. The number of carbonyl (C=O) groups excluding carboxylic acids is 3. The van der Waals surface area contributed by atoms with Crippen LogP contribution in [0.15, 0.2) is 54.6 Å². The third-order valence-corrected chi connectivity index (χ3v) is 3.58. The third-order valence-electron chi connectivity index (χ3n) is 3.58. The first-order chi connectivity index (χ1) is 13.5. The Morgan fingerprint density at radius 1 is 1.00 bits per heavy atom. The normalized spacial score (nSPS) is 10.4. The van der Waals surface area contributed by atoms with Crippen molar-refractivity contribution in [1.82, 2.24) is 0 Å². The highest BCUT2D eigenvalue weighted by Crippen LogP contribution is 2.19. The molecular weight excluding hydrogens is 362 g/mol. The minimum atomic E-state index is -0.681. The quantitative estimate of drug-likeness (QED) is 0.556. The largest absolute Gasteiger partial charge is 0.496 e. The molecule has 1 N–H and O–H groups in total. The second-order valence-electron chi connectivity index (χ2n) is 5.50. The number of amides is 1. The number of ether oxygens (including phenoxy) is 3. The summed E-state index contributed by atoms with van der Waals surface area (Å²) in [6.45, 7) is 1.42. The van der Waals surface area contributed by atoms with Crippen molar-refractivity contribution in [2.45, 2.75) is 6.92 Å². The second kappa shape index (κ2) is 10.5. The smallest absolute Gasteiger partial charge is 0.340 e. The van der Waals surface area contributed by atoms with Gasteiger partial charge in [0.2, 0.25) is 0 Å². The van der Waals surface area contributed by atoms with Crippen LogP contribution in [0.5, 0.6) is 5.75 Å². The minimum Gasteiger partial charge on any atom is -0.496 e. The molecule has 7 heteroatoms. The van der Waals surface area contributed by atoms with Crippen LogP contribution < -0.4 is 10.1 Å². The van der Waals surface area contributed by atoms with Gasteiger partial charge in [-0.1, -0.05) is 30.3 Å². The van der Waals surface area contributed by atoms with Crippen LogP contribution in [0.25, 0.3) is 6.08 Å². The lowest BCUT2D eigenvalue weighted by molar-refractivity contribution is -0.142. The molecule has 0 bridgehead atoms. The average Bonchev–Trinajstić information content (AvgIpc) is 2.71. The van der Waals surface area contributed by atoms with Crippen molar-refractivity contribution in [3.63, 3.8) is 0 Å². The van der Waals surface area contributed by atoms with Gasteiger partial charge in [-0.15, -0.1) is 0 Å². The molecule has 0 spiro atoms. The molecule has 146 valence electrons. The number of nitrogens with one attached hydrogen (secondary N) is 1. The summed E-state index contributed by atoms with van der Waals surface area (Å²) >= 11 is 0. The van der Waals surface area contributed by atoms with E-state index in [1.807, 2.05) is 12.1 Å². The molecule has 1 amide bonds. The van der Waals surface area contributed by atoms with Gasteiger partial charge < -0.3 is 19.5 Å². The molecule has 0 aromatic heterocycles. The second-order valence-corrected chi connectivity index (χ2v) is 5.50. The van der Waals surface area contributed by atoms with Crippen LogP contribution in [0.1, 0.15) is 22.8 Å². The highest BCUT2D eigenvalue weighted by molar-refractivity contribution is 6.02. The first-order valence-electron chi connectivity index (χ1n) is 8.59. The van der Waals surface area contributed by atoms with Crippen molar-refractivity contribution >= 4 is 29.6 Å². The molecule has 28 heavy (non-hydrogen) atoms. The van der Waals surface area contributed by atoms with Crippen molar-refractivity contribution in [3.8, 4) is 5.75 Å². The fourth-order valence-corrected chi connectivity index (χ4v) is 2.31. The van der Waals surface area contributed by atoms with Crippen molar-refractivity contribution in [2.24, 2.45) is 0 Å². The molecule has 0 aliphatic rings. The molecule has 2 rings (SSSR count). The Hall–Kier alpha value is -3.61. The predicted octanol–water partition coefficient (Wildman–Crippen LogP) is 3.07. The molecule has 0 aliphatic carbocycles. The minimum absolute atomic E-state index is 0.220. The summed E-state index contributed by atoms with van der Waals surface area (Å²) in [6, 6.07) is 13.6. The van der Waals surface area contributed by atoms with Gasteiger partial charge in [-0.3, -0.25) is 4.79 Å². The van der Waals surface area contributed by atoms with E-state index in [4.69, 9.17) is 14.2 Å². The zero-order valence-corrected chi connectivity index (χ0v) is 15.6. The van der Waals surface area contributed by atoms with Crippen molar-refractivity contribution in [3.05, 3.63) is 65.7 Å². The highest BCUT2D eigenvalue weighted by Gasteiger charge is 2.14. The van der Waals surface area contributed by atoms with Crippen molar-refractivity contribution in [2.75, 3.05) is 25.6 Å². The molecular formula is C21H21NO6. The zero-order valence-electron chi connectivity index (χ0n) is 15.6. The average molecular weight is 383 g/mol. The van der Waals surface area contributed by atoms with Gasteiger partial charge in [0.15, 0.2) is 6.61 Å². The number of benzene rings is 2. The fraction of sp³-hybridized carbons (Fsp3) is 0.190. The van der Waals surface area contributed by atoms with E-state index in [-0.39, 0.29) is 17.9 Å². The Bertz CT molecular complexity index is 875. The molecule has 2 aromatic carbocycles. The van der Waals surface area contributed by atoms with Crippen LogP contribution in [0, 0.1) is 0 Å². The van der Waals surface area contributed by atoms with Gasteiger partial charge in [0.25, 0.3) is 5.91 Å². The molecule has 7 nitrogen and oxygen atoms in total. The highest BCUT2D eigenvalue weighted by atomic mass is 16.5. The maximum absolute atomic E-state index is 12.0. The predicted molar refractivity (Wildman–Crippen MR) is 104 cm³/mol. The van der Waals surface area contributed by atoms with E-state index in [0.717, 1.165) is 0 Å². The Balaban J connectivity index is 1.91. The van der Waals surface area contributed by atoms with Gasteiger partial charge in [-0.2, -0.15) is 0 Å². The van der Waals surface area contributed by atoms with E-state index in [1.165, 1.54) is 25.3 Å². The van der Waals surface area contributed by atoms with Gasteiger partial charge >= 0.3 is 11.9 Å². The topological polar surface area (TPSA) is 90.9 Å². The molecule has 0 saturated heterocycles. The van der Waals surface area contributed by atoms with Crippen molar-refractivity contribution in [1.29, 1.82) is 0 Å². The van der Waals surface area contributed by atoms with Crippen molar-refractivity contribution < 1.29 is 28.6 Å². The fourth-order valence-electron chi connectivity index (χ4n) is 2.31. The standard InChI is InChI=1S/C21H21NO6/c1-3-27-21(25)16-9-5-6-10-17(16)22-19(23)14-28-20(24)13-12-15-8-4-7-11-18(15)26-2/h4-13H,3,14H2,1-2H3,(H,22,23)/b13-12+. The molecule has 0 fully saturated rings. The molecule has 0 aliphatic heterocycles. The Kier molecular flexibility index (Phi) is 7.77. The Labute approximate surface area is 162 Å². The molecule has 0 saturated carbocycles. The maximum atomic E-state index is 12.0. The van der Waals surface area contributed by atoms with E-state index in [2.05, 4.69) is 5.32 Å². The summed E-state index contributed by atoms with van der Waals surface area (Å²) < 4.78 is 15.1. The zero-order chi connectivity index (χ0) is 20.4. The summed E-state index contributed by atoms with van der Waals surface area (Å²) in [5.41, 5.74) is 1.21. The number of methoxy groups -OCH3 is 1. The van der Waals surface area contributed by atoms with Gasteiger partial charge in [0.05, 0.1) is 25.0 Å². The molecule has 0 atom stereocenters. The summed E-state index contributed by atoms with van der Waals surface area (Å²) in [5.74, 6) is -1.19. The third kappa shape index (κ3) is 5.98. The summed E-state index contributed by atoms with van der Waals surface area (Å²) in [6.07, 6.45) is 2.74. The van der Waals surface area contributed by atoms with E-state index >= 15 is 0 Å². The SMILES string of the molecule is CCOC(=O)c1ccccc1NC(=O)COC(=O)/C=C/c1ccccc1OC. The molecule has 0 heterocycles. The summed E-state index contributed by atoms with van der Waals surface area (Å²) in [4.78, 5) is 35.8. The number of anilines is 1. The van der Waals surface area contributed by atoms with Gasteiger partial charge in [0.1, 0.15) is 5.75 Å². The summed E-state index contributed by atoms with van der Waals surface area (Å²) in [7, 11) is 1.53. The first-order valence-corrected chi connectivity index (χ1v) is 8.59. The molecule has 0 unspecified atom stereocenters. The van der Waals surface area contributed by atoms with Gasteiger partial charge in [0, 0.05) is 11.6 Å². The van der Waals surface area contributed by atoms with E-state index in [1.54, 1.807) is 37.3 Å². The number of esters is 2. The van der Waals surface area contributed by atoms with Crippen LogP contribution >= 0.6 is 0 Å². The van der Waals surface area contributed by atoms with E-state index in [9.17, 15) is 14.4 Å². The lowest BCUT2D eigenvalue weighted by Crippen LogP contribution is -2.21. The molecule has 0 radical (unpaired) electrons. The number of carbonyl (C=O) groups is 3. The number of para-hydroxylation sites is 2. The Morgan fingerprint density at radius 3 is 2.46 bits per heavy atom. The van der Waals surface area contributed by atoms with Gasteiger partial charge in [-0.05, 0) is 31.2 Å². The number of hydrogen-bond donors (Lipinski definition) is 1. The number of hydrogen-bond acceptors (Lipinski definition) is 6. The van der Waals surface area contributed by atoms with Crippen LogP contribution in [-0.4, -0.2) is 38.2 Å². The summed E-state index contributed by atoms with van der Waals surface area (Å²) in [5, 5.41) is 2.54. The maximum Gasteiger partial charge on any atom is 0.340 e. The van der Waals surface area contributed by atoms with Crippen LogP contribution in [-0.2, 0) is 19.1 Å². The van der Waals surface area contributed by atoms with E-state index in [0.29, 0.717) is 11.3 Å². The van der Waals surface area contributed by atoms with Gasteiger partial charge in [-0.25, -0.2) is 9.59 Å².